The number of amides is 1. The van der Waals surface area contributed by atoms with Gasteiger partial charge in [-0.2, -0.15) is 0 Å². The Balaban J connectivity index is 1.81. The highest BCUT2D eigenvalue weighted by Crippen LogP contribution is 2.36. The summed E-state index contributed by atoms with van der Waals surface area (Å²) in [5, 5.41) is 0. The minimum Gasteiger partial charge on any atom is -0.484 e. The molecule has 138 valence electrons. The van der Waals surface area contributed by atoms with E-state index < -0.39 is 10.0 Å². The maximum atomic E-state index is 13.1. The van der Waals surface area contributed by atoms with Crippen LogP contribution in [0.2, 0.25) is 0 Å². The molecule has 0 fully saturated rings. The van der Waals surface area contributed by atoms with Gasteiger partial charge in [0.05, 0.1) is 10.6 Å². The van der Waals surface area contributed by atoms with Crippen LogP contribution in [-0.2, 0) is 21.2 Å². The van der Waals surface area contributed by atoms with Crippen LogP contribution in [0.25, 0.3) is 0 Å². The van der Waals surface area contributed by atoms with Crippen LogP contribution in [0.15, 0.2) is 53.4 Å². The molecule has 3 rings (SSSR count). The third kappa shape index (κ3) is 3.39. The maximum Gasteiger partial charge on any atom is 0.264 e. The molecule has 0 radical (unpaired) electrons. The SMILES string of the molecule is CC1Cc2ccccc2N1S(=O)(=O)c1ccc(OCC(=O)N(C)C)cc1. The number of fused-ring (bicyclic) bond motifs is 1. The Morgan fingerprint density at radius 3 is 2.46 bits per heavy atom. The number of hydrogen-bond acceptors (Lipinski definition) is 4. The quantitative estimate of drug-likeness (QED) is 0.805. The molecular formula is C19H22N2O4S. The molecule has 6 nitrogen and oxygen atoms in total. The van der Waals surface area contributed by atoms with Crippen molar-refractivity contribution in [1.29, 1.82) is 0 Å². The van der Waals surface area contributed by atoms with E-state index in [1.54, 1.807) is 26.2 Å². The lowest BCUT2D eigenvalue weighted by Crippen LogP contribution is -2.35. The molecule has 0 bridgehead atoms. The van der Waals surface area contributed by atoms with Gasteiger partial charge in [0.2, 0.25) is 0 Å². The highest BCUT2D eigenvalue weighted by molar-refractivity contribution is 7.92. The van der Waals surface area contributed by atoms with Crippen LogP contribution in [0.5, 0.6) is 5.75 Å². The van der Waals surface area contributed by atoms with Crippen molar-refractivity contribution < 1.29 is 17.9 Å². The summed E-state index contributed by atoms with van der Waals surface area (Å²) in [6, 6.07) is 13.6. The molecule has 1 heterocycles. The Labute approximate surface area is 154 Å². The van der Waals surface area contributed by atoms with Crippen molar-refractivity contribution in [3.05, 3.63) is 54.1 Å². The van der Waals surface area contributed by atoms with Crippen LogP contribution >= 0.6 is 0 Å². The van der Waals surface area contributed by atoms with Gasteiger partial charge in [-0.15, -0.1) is 0 Å². The first-order valence-electron chi connectivity index (χ1n) is 8.36. The Kier molecular flexibility index (Phi) is 4.91. The second kappa shape index (κ2) is 6.99. The molecule has 0 saturated carbocycles. The zero-order valence-electron chi connectivity index (χ0n) is 15.0. The zero-order valence-corrected chi connectivity index (χ0v) is 15.9. The van der Waals surface area contributed by atoms with E-state index in [1.807, 2.05) is 31.2 Å². The molecule has 0 aromatic heterocycles. The van der Waals surface area contributed by atoms with Gasteiger partial charge in [-0.05, 0) is 49.2 Å². The van der Waals surface area contributed by atoms with E-state index in [2.05, 4.69) is 0 Å². The zero-order chi connectivity index (χ0) is 18.9. The molecule has 2 aromatic rings. The monoisotopic (exact) mass is 374 g/mol. The van der Waals surface area contributed by atoms with E-state index in [0.717, 1.165) is 11.3 Å². The van der Waals surface area contributed by atoms with Crippen LogP contribution in [0.1, 0.15) is 12.5 Å². The van der Waals surface area contributed by atoms with E-state index in [9.17, 15) is 13.2 Å². The molecule has 0 spiro atoms. The highest BCUT2D eigenvalue weighted by Gasteiger charge is 2.35. The van der Waals surface area contributed by atoms with Gasteiger partial charge in [0.25, 0.3) is 15.9 Å². The number of sulfonamides is 1. The smallest absolute Gasteiger partial charge is 0.264 e. The second-order valence-electron chi connectivity index (χ2n) is 6.53. The molecule has 2 aromatic carbocycles. The van der Waals surface area contributed by atoms with Crippen molar-refractivity contribution in [2.24, 2.45) is 0 Å². The van der Waals surface area contributed by atoms with Crippen molar-refractivity contribution in [2.45, 2.75) is 24.3 Å². The third-order valence-corrected chi connectivity index (χ3v) is 6.33. The number of ether oxygens (including phenoxy) is 1. The van der Waals surface area contributed by atoms with Gasteiger partial charge >= 0.3 is 0 Å². The lowest BCUT2D eigenvalue weighted by molar-refractivity contribution is -0.130. The normalized spacial score (nSPS) is 16.3. The lowest BCUT2D eigenvalue weighted by Gasteiger charge is -2.24. The van der Waals surface area contributed by atoms with Crippen molar-refractivity contribution in [2.75, 3.05) is 25.0 Å². The molecule has 1 unspecified atom stereocenters. The van der Waals surface area contributed by atoms with E-state index in [0.29, 0.717) is 12.2 Å². The molecule has 1 aliphatic heterocycles. The lowest BCUT2D eigenvalue weighted by atomic mass is 10.1. The number of benzene rings is 2. The van der Waals surface area contributed by atoms with E-state index in [-0.39, 0.29) is 23.5 Å². The number of anilines is 1. The summed E-state index contributed by atoms with van der Waals surface area (Å²) in [5.41, 5.74) is 1.77. The predicted octanol–water partition coefficient (Wildman–Crippen LogP) is 2.29. The van der Waals surface area contributed by atoms with Gasteiger partial charge in [0.15, 0.2) is 6.61 Å². The summed E-state index contributed by atoms with van der Waals surface area (Å²) in [6.45, 7) is 1.82. The van der Waals surface area contributed by atoms with E-state index >= 15 is 0 Å². The first-order chi connectivity index (χ1) is 12.3. The van der Waals surface area contributed by atoms with Gasteiger partial charge in [0.1, 0.15) is 5.75 Å². The summed E-state index contributed by atoms with van der Waals surface area (Å²) in [5.74, 6) is 0.290. The van der Waals surface area contributed by atoms with Crippen LogP contribution in [0, 0.1) is 0 Å². The number of hydrogen-bond donors (Lipinski definition) is 0. The van der Waals surface area contributed by atoms with Crippen molar-refractivity contribution in [3.63, 3.8) is 0 Å². The summed E-state index contributed by atoms with van der Waals surface area (Å²) in [7, 11) is -0.362. The number of rotatable bonds is 5. The maximum absolute atomic E-state index is 13.1. The van der Waals surface area contributed by atoms with Crippen LogP contribution in [0.4, 0.5) is 5.69 Å². The second-order valence-corrected chi connectivity index (χ2v) is 8.35. The van der Waals surface area contributed by atoms with Gasteiger partial charge in [-0.25, -0.2) is 8.42 Å². The molecule has 0 saturated heterocycles. The van der Waals surface area contributed by atoms with Gasteiger partial charge < -0.3 is 9.64 Å². The molecule has 0 aliphatic carbocycles. The van der Waals surface area contributed by atoms with Crippen LogP contribution in [0.3, 0.4) is 0 Å². The summed E-state index contributed by atoms with van der Waals surface area (Å²) in [4.78, 5) is 13.2. The van der Waals surface area contributed by atoms with Crippen LogP contribution < -0.4 is 9.04 Å². The molecule has 1 atom stereocenters. The molecule has 1 aliphatic rings. The number of carbonyl (C=O) groups is 1. The summed E-state index contributed by atoms with van der Waals surface area (Å²) >= 11 is 0. The Hall–Kier alpha value is -2.54. The Morgan fingerprint density at radius 1 is 1.15 bits per heavy atom. The fourth-order valence-electron chi connectivity index (χ4n) is 3.00. The summed E-state index contributed by atoms with van der Waals surface area (Å²) in [6.07, 6.45) is 0.698. The van der Waals surface area contributed by atoms with Crippen LogP contribution in [-0.4, -0.2) is 46.0 Å². The van der Waals surface area contributed by atoms with Gasteiger partial charge in [-0.3, -0.25) is 9.10 Å². The first-order valence-corrected chi connectivity index (χ1v) is 9.80. The Bertz CT molecular complexity index is 907. The van der Waals surface area contributed by atoms with E-state index in [1.165, 1.54) is 21.3 Å². The topological polar surface area (TPSA) is 66.9 Å². The van der Waals surface area contributed by atoms with Crippen molar-refractivity contribution in [1.82, 2.24) is 4.90 Å². The molecule has 1 amide bonds. The first kappa shape index (κ1) is 18.3. The predicted molar refractivity (Wildman–Crippen MR) is 99.9 cm³/mol. The fraction of sp³-hybridized carbons (Fsp3) is 0.316. The summed E-state index contributed by atoms with van der Waals surface area (Å²) < 4.78 is 33.1. The molecule has 7 heteroatoms. The number of para-hydroxylation sites is 1. The third-order valence-electron chi connectivity index (χ3n) is 4.39. The molecule has 0 N–H and O–H groups in total. The number of nitrogens with zero attached hydrogens (tertiary/aromatic N) is 2. The Morgan fingerprint density at radius 2 is 1.81 bits per heavy atom. The highest BCUT2D eigenvalue weighted by atomic mass is 32.2. The minimum atomic E-state index is -3.66. The van der Waals surface area contributed by atoms with Crippen molar-refractivity contribution >= 4 is 21.6 Å². The fourth-order valence-corrected chi connectivity index (χ4v) is 4.69. The minimum absolute atomic E-state index is 0.0877. The van der Waals surface area contributed by atoms with E-state index in [4.69, 9.17) is 4.74 Å². The number of carbonyl (C=O) groups excluding carboxylic acids is 1. The average Bonchev–Trinajstić information content (AvgIpc) is 2.96. The van der Waals surface area contributed by atoms with Crippen molar-refractivity contribution in [3.8, 4) is 5.75 Å². The largest absolute Gasteiger partial charge is 0.484 e. The average molecular weight is 374 g/mol. The molecule has 26 heavy (non-hydrogen) atoms. The van der Waals surface area contributed by atoms with Gasteiger partial charge in [0, 0.05) is 20.1 Å². The standard InChI is InChI=1S/C19H22N2O4S/c1-14-12-15-6-4-5-7-18(15)21(14)26(23,24)17-10-8-16(9-11-17)25-13-19(22)20(2)3/h4-11,14H,12-13H2,1-3H3. The molecular weight excluding hydrogens is 352 g/mol. The van der Waals surface area contributed by atoms with Gasteiger partial charge in [-0.1, -0.05) is 18.2 Å². The number of likely N-dealkylation sites (N-methyl/N-ethyl adjacent to an activating group) is 1.